The molecule has 0 spiro atoms. The lowest BCUT2D eigenvalue weighted by Crippen LogP contribution is -2.38. The molecule has 0 fully saturated rings. The van der Waals surface area contributed by atoms with Crippen LogP contribution >= 0.6 is 0 Å². The van der Waals surface area contributed by atoms with E-state index in [1.807, 2.05) is 13.8 Å². The van der Waals surface area contributed by atoms with Crippen molar-refractivity contribution in [3.05, 3.63) is 33.9 Å². The van der Waals surface area contributed by atoms with Gasteiger partial charge in [-0.1, -0.05) is 0 Å². The molecule has 0 aliphatic heterocycles. The Morgan fingerprint density at radius 1 is 1.50 bits per heavy atom. The van der Waals surface area contributed by atoms with Gasteiger partial charge >= 0.3 is 0 Å². The van der Waals surface area contributed by atoms with Crippen LogP contribution in [0.1, 0.15) is 19.4 Å². The summed E-state index contributed by atoms with van der Waals surface area (Å²) in [5.74, 6) is -0.154. The van der Waals surface area contributed by atoms with E-state index >= 15 is 0 Å². The minimum Gasteiger partial charge on any atom is -0.508 e. The van der Waals surface area contributed by atoms with E-state index in [0.29, 0.717) is 5.56 Å². The van der Waals surface area contributed by atoms with Crippen LogP contribution in [0.25, 0.3) is 0 Å². The van der Waals surface area contributed by atoms with Gasteiger partial charge in [0.05, 0.1) is 11.5 Å². The van der Waals surface area contributed by atoms with E-state index in [-0.39, 0.29) is 36.5 Å². The smallest absolute Gasteiger partial charge is 0.270 e. The molecule has 2 N–H and O–H groups in total. The third-order valence-electron chi connectivity index (χ3n) is 2.58. The second-order valence-electron chi connectivity index (χ2n) is 4.96. The molecule has 7 heteroatoms. The lowest BCUT2D eigenvalue weighted by atomic mass is 10.1. The Bertz CT molecular complexity index is 502. The molecular weight excluding hydrogens is 262 g/mol. The number of aromatic hydroxyl groups is 1. The SMILES string of the molecule is CC(C)NC(=O)CN(C)Cc1cc([N+](=O)[O-])ccc1O. The fourth-order valence-corrected chi connectivity index (χ4v) is 1.77. The van der Waals surface area contributed by atoms with Crippen molar-refractivity contribution in [1.82, 2.24) is 10.2 Å². The Morgan fingerprint density at radius 2 is 2.15 bits per heavy atom. The average molecular weight is 281 g/mol. The third-order valence-corrected chi connectivity index (χ3v) is 2.58. The first-order valence-electron chi connectivity index (χ1n) is 6.23. The standard InChI is InChI=1S/C13H19N3O4/c1-9(2)14-13(18)8-15(3)7-10-6-11(16(19)20)4-5-12(10)17/h4-6,9,17H,7-8H2,1-3H3,(H,14,18). The van der Waals surface area contributed by atoms with E-state index in [1.54, 1.807) is 11.9 Å². The lowest BCUT2D eigenvalue weighted by Gasteiger charge is -2.18. The monoisotopic (exact) mass is 281 g/mol. The molecule has 0 bridgehead atoms. The maximum absolute atomic E-state index is 11.6. The van der Waals surface area contributed by atoms with Crippen molar-refractivity contribution in [3.8, 4) is 5.75 Å². The van der Waals surface area contributed by atoms with E-state index < -0.39 is 4.92 Å². The summed E-state index contributed by atoms with van der Waals surface area (Å²) in [5.41, 5.74) is 0.330. The molecule has 0 saturated heterocycles. The van der Waals surface area contributed by atoms with E-state index in [1.165, 1.54) is 18.2 Å². The summed E-state index contributed by atoms with van der Waals surface area (Å²) in [6, 6.07) is 3.90. The highest BCUT2D eigenvalue weighted by Gasteiger charge is 2.13. The van der Waals surface area contributed by atoms with Gasteiger partial charge in [0.2, 0.25) is 5.91 Å². The van der Waals surface area contributed by atoms with Crippen molar-refractivity contribution in [2.75, 3.05) is 13.6 Å². The predicted octanol–water partition coefficient (Wildman–Crippen LogP) is 1.26. The van der Waals surface area contributed by atoms with Gasteiger partial charge in [0.25, 0.3) is 5.69 Å². The predicted molar refractivity (Wildman–Crippen MR) is 74.4 cm³/mol. The summed E-state index contributed by atoms with van der Waals surface area (Å²) >= 11 is 0. The van der Waals surface area contributed by atoms with Gasteiger partial charge in [0.15, 0.2) is 0 Å². The van der Waals surface area contributed by atoms with Crippen molar-refractivity contribution in [2.24, 2.45) is 0 Å². The second-order valence-corrected chi connectivity index (χ2v) is 4.96. The molecule has 1 rings (SSSR count). The number of rotatable bonds is 6. The number of phenols is 1. The van der Waals surface area contributed by atoms with Crippen LogP contribution in [0.3, 0.4) is 0 Å². The molecule has 0 unspecified atom stereocenters. The molecule has 7 nitrogen and oxygen atoms in total. The molecule has 0 atom stereocenters. The number of hydrogen-bond donors (Lipinski definition) is 2. The van der Waals surface area contributed by atoms with Crippen LogP contribution in [-0.2, 0) is 11.3 Å². The largest absolute Gasteiger partial charge is 0.508 e. The molecule has 1 aromatic rings. The van der Waals surface area contributed by atoms with Crippen LogP contribution in [0.15, 0.2) is 18.2 Å². The van der Waals surface area contributed by atoms with Gasteiger partial charge in [0, 0.05) is 30.3 Å². The van der Waals surface area contributed by atoms with Gasteiger partial charge in [-0.05, 0) is 27.0 Å². The summed E-state index contributed by atoms with van der Waals surface area (Å²) in [4.78, 5) is 23.4. The number of phenolic OH excluding ortho intramolecular Hbond substituents is 1. The van der Waals surface area contributed by atoms with Crippen molar-refractivity contribution in [2.45, 2.75) is 26.4 Å². The molecule has 1 amide bonds. The minimum absolute atomic E-state index is 0.0216. The van der Waals surface area contributed by atoms with Crippen LogP contribution in [-0.4, -0.2) is 40.5 Å². The number of carbonyl (C=O) groups excluding carboxylic acids is 1. The highest BCUT2D eigenvalue weighted by molar-refractivity contribution is 5.78. The molecule has 0 radical (unpaired) electrons. The van der Waals surface area contributed by atoms with E-state index in [9.17, 15) is 20.0 Å². The first-order chi connectivity index (χ1) is 9.29. The van der Waals surface area contributed by atoms with Crippen molar-refractivity contribution in [1.29, 1.82) is 0 Å². The molecule has 110 valence electrons. The molecule has 20 heavy (non-hydrogen) atoms. The summed E-state index contributed by atoms with van der Waals surface area (Å²) in [5, 5.41) is 23.1. The van der Waals surface area contributed by atoms with E-state index in [2.05, 4.69) is 5.32 Å². The normalized spacial score (nSPS) is 10.8. The maximum atomic E-state index is 11.6. The highest BCUT2D eigenvalue weighted by atomic mass is 16.6. The zero-order valence-electron chi connectivity index (χ0n) is 11.8. The fraction of sp³-hybridized carbons (Fsp3) is 0.462. The van der Waals surface area contributed by atoms with Gasteiger partial charge in [-0.15, -0.1) is 0 Å². The molecule has 0 saturated carbocycles. The van der Waals surface area contributed by atoms with E-state index in [4.69, 9.17) is 0 Å². The Labute approximate surface area is 117 Å². The zero-order valence-corrected chi connectivity index (χ0v) is 11.8. The first-order valence-corrected chi connectivity index (χ1v) is 6.23. The summed E-state index contributed by atoms with van der Waals surface area (Å²) in [6.45, 7) is 4.13. The molecule has 0 aliphatic carbocycles. The Balaban J connectivity index is 2.70. The number of hydrogen-bond acceptors (Lipinski definition) is 5. The van der Waals surface area contributed by atoms with Crippen LogP contribution in [0.5, 0.6) is 5.75 Å². The molecule has 0 aliphatic rings. The van der Waals surface area contributed by atoms with E-state index in [0.717, 1.165) is 0 Å². The van der Waals surface area contributed by atoms with Gasteiger partial charge in [-0.25, -0.2) is 0 Å². The molecule has 0 aromatic heterocycles. The fourth-order valence-electron chi connectivity index (χ4n) is 1.77. The van der Waals surface area contributed by atoms with Gasteiger partial charge in [-0.3, -0.25) is 19.8 Å². The van der Waals surface area contributed by atoms with Gasteiger partial charge in [0.1, 0.15) is 5.75 Å². The number of likely N-dealkylation sites (N-methyl/N-ethyl adjacent to an activating group) is 1. The van der Waals surface area contributed by atoms with Crippen LogP contribution in [0.4, 0.5) is 5.69 Å². The summed E-state index contributed by atoms with van der Waals surface area (Å²) in [6.07, 6.45) is 0. The molecule has 1 aromatic carbocycles. The number of nitro groups is 1. The summed E-state index contributed by atoms with van der Waals surface area (Å²) < 4.78 is 0. The third kappa shape index (κ3) is 4.85. The number of nitrogens with zero attached hydrogens (tertiary/aromatic N) is 2. The van der Waals surface area contributed by atoms with Crippen LogP contribution in [0, 0.1) is 10.1 Å². The van der Waals surface area contributed by atoms with Crippen molar-refractivity contribution in [3.63, 3.8) is 0 Å². The van der Waals surface area contributed by atoms with Crippen LogP contribution in [0.2, 0.25) is 0 Å². The average Bonchev–Trinajstić information content (AvgIpc) is 2.30. The van der Waals surface area contributed by atoms with Gasteiger partial charge < -0.3 is 10.4 Å². The van der Waals surface area contributed by atoms with Crippen molar-refractivity contribution >= 4 is 11.6 Å². The highest BCUT2D eigenvalue weighted by Crippen LogP contribution is 2.23. The molecular formula is C13H19N3O4. The first kappa shape index (κ1) is 15.9. The summed E-state index contributed by atoms with van der Waals surface area (Å²) in [7, 11) is 1.71. The number of nitrogens with one attached hydrogen (secondary N) is 1. The number of carbonyl (C=O) groups is 1. The Hall–Kier alpha value is -2.15. The maximum Gasteiger partial charge on any atom is 0.270 e. The Morgan fingerprint density at radius 3 is 2.70 bits per heavy atom. The molecule has 0 heterocycles. The second kappa shape index (κ2) is 6.85. The Kier molecular flexibility index (Phi) is 5.45. The topological polar surface area (TPSA) is 95.7 Å². The number of amides is 1. The number of non-ortho nitro benzene ring substituents is 1. The zero-order chi connectivity index (χ0) is 15.3. The minimum atomic E-state index is -0.519. The van der Waals surface area contributed by atoms with Crippen LogP contribution < -0.4 is 5.32 Å². The number of benzene rings is 1. The number of nitro benzene ring substituents is 1. The van der Waals surface area contributed by atoms with Crippen molar-refractivity contribution < 1.29 is 14.8 Å². The lowest BCUT2D eigenvalue weighted by molar-refractivity contribution is -0.385. The van der Waals surface area contributed by atoms with Gasteiger partial charge in [-0.2, -0.15) is 0 Å². The quantitative estimate of drug-likeness (QED) is 0.604.